The molecule has 1 saturated heterocycles. The maximum absolute atomic E-state index is 12.2. The summed E-state index contributed by atoms with van der Waals surface area (Å²) in [5.74, 6) is -0.509. The number of rotatable bonds is 3. The largest absolute Gasteiger partial charge is 0.368 e. The van der Waals surface area contributed by atoms with Gasteiger partial charge in [-0.3, -0.25) is 9.59 Å². The van der Waals surface area contributed by atoms with E-state index in [1.807, 2.05) is 18.6 Å². The van der Waals surface area contributed by atoms with E-state index < -0.39 is 6.10 Å². The molecule has 1 aromatic carbocycles. The van der Waals surface area contributed by atoms with Crippen LogP contribution in [-0.2, 0) is 16.6 Å². The number of nitrogens with zero attached hydrogens (tertiary/aromatic N) is 2. The van der Waals surface area contributed by atoms with Crippen LogP contribution in [0.15, 0.2) is 40.8 Å². The third-order valence-corrected chi connectivity index (χ3v) is 4.40. The Balaban J connectivity index is 1.76. The number of nitrogens with one attached hydrogen (secondary N) is 1. The molecule has 1 N–H and O–H groups in total. The van der Waals surface area contributed by atoms with E-state index in [1.165, 1.54) is 11.3 Å². The van der Waals surface area contributed by atoms with Gasteiger partial charge in [0, 0.05) is 36.5 Å². The molecule has 0 radical (unpaired) electrons. The van der Waals surface area contributed by atoms with Crippen LogP contribution in [0.2, 0.25) is 0 Å². The minimum Gasteiger partial charge on any atom is -0.368 e. The Morgan fingerprint density at radius 2 is 2.30 bits per heavy atom. The number of ether oxygens (including phenoxy) is 1. The Labute approximate surface area is 137 Å². The van der Waals surface area contributed by atoms with Crippen LogP contribution in [0.1, 0.15) is 23.2 Å². The second-order valence-corrected chi connectivity index (χ2v) is 6.16. The lowest BCUT2D eigenvalue weighted by Crippen LogP contribution is -2.26. The van der Waals surface area contributed by atoms with Crippen LogP contribution >= 0.6 is 11.3 Å². The van der Waals surface area contributed by atoms with Gasteiger partial charge in [-0.2, -0.15) is 4.99 Å². The number of aromatic nitrogens is 1. The summed E-state index contributed by atoms with van der Waals surface area (Å²) in [6.45, 7) is 0.618. The Hall–Kier alpha value is -2.25. The summed E-state index contributed by atoms with van der Waals surface area (Å²) < 4.78 is 7.13. The second-order valence-electron chi connectivity index (χ2n) is 5.29. The molecule has 3 rings (SSSR count). The summed E-state index contributed by atoms with van der Waals surface area (Å²) in [6.07, 6.45) is 3.07. The maximum Gasteiger partial charge on any atom is 0.279 e. The quantitative estimate of drug-likeness (QED) is 0.934. The average molecular weight is 331 g/mol. The van der Waals surface area contributed by atoms with E-state index in [0.717, 1.165) is 12.8 Å². The molecule has 23 heavy (non-hydrogen) atoms. The van der Waals surface area contributed by atoms with Gasteiger partial charge in [-0.25, -0.2) is 0 Å². The van der Waals surface area contributed by atoms with Gasteiger partial charge in [0.1, 0.15) is 6.10 Å². The van der Waals surface area contributed by atoms with E-state index in [9.17, 15) is 9.59 Å². The molecule has 0 spiro atoms. The topological polar surface area (TPSA) is 72.7 Å². The molecule has 120 valence electrons. The summed E-state index contributed by atoms with van der Waals surface area (Å²) in [6, 6.07) is 6.78. The third-order valence-electron chi connectivity index (χ3n) is 3.56. The van der Waals surface area contributed by atoms with Crippen molar-refractivity contribution in [1.82, 2.24) is 4.57 Å². The van der Waals surface area contributed by atoms with Gasteiger partial charge in [0.25, 0.3) is 11.8 Å². The molecule has 2 amide bonds. The Bertz CT molecular complexity index is 788. The first-order valence-corrected chi connectivity index (χ1v) is 8.23. The lowest BCUT2D eigenvalue weighted by molar-refractivity contribution is -0.124. The van der Waals surface area contributed by atoms with E-state index in [2.05, 4.69) is 10.3 Å². The molecule has 2 aromatic rings. The van der Waals surface area contributed by atoms with Gasteiger partial charge in [-0.1, -0.05) is 6.07 Å². The van der Waals surface area contributed by atoms with Crippen molar-refractivity contribution < 1.29 is 14.3 Å². The molecule has 7 heteroatoms. The first-order chi connectivity index (χ1) is 11.1. The number of hydrogen-bond acceptors (Lipinski definition) is 4. The fourth-order valence-corrected chi connectivity index (χ4v) is 3.05. The summed E-state index contributed by atoms with van der Waals surface area (Å²) in [4.78, 5) is 29.0. The van der Waals surface area contributed by atoms with E-state index in [1.54, 1.807) is 28.8 Å². The SMILES string of the molecule is Cn1ccsc1=NC(=O)c1cccc(NC(=O)C2CCCO2)c1. The summed E-state index contributed by atoms with van der Waals surface area (Å²) >= 11 is 1.39. The van der Waals surface area contributed by atoms with Gasteiger partial charge in [0.15, 0.2) is 4.80 Å². The van der Waals surface area contributed by atoms with Gasteiger partial charge in [0.2, 0.25) is 0 Å². The number of benzene rings is 1. The molecule has 1 atom stereocenters. The molecule has 1 aliphatic heterocycles. The third kappa shape index (κ3) is 3.75. The Kier molecular flexibility index (Phi) is 4.68. The van der Waals surface area contributed by atoms with Crippen LogP contribution in [0.4, 0.5) is 5.69 Å². The van der Waals surface area contributed by atoms with Gasteiger partial charge < -0.3 is 14.6 Å². The molecule has 6 nitrogen and oxygen atoms in total. The number of hydrogen-bond donors (Lipinski definition) is 1. The van der Waals surface area contributed by atoms with Gasteiger partial charge in [0.05, 0.1) is 0 Å². The lowest BCUT2D eigenvalue weighted by atomic mass is 10.1. The van der Waals surface area contributed by atoms with Crippen molar-refractivity contribution in [2.75, 3.05) is 11.9 Å². The van der Waals surface area contributed by atoms with Crippen molar-refractivity contribution in [3.63, 3.8) is 0 Å². The van der Waals surface area contributed by atoms with E-state index in [0.29, 0.717) is 22.7 Å². The van der Waals surface area contributed by atoms with Crippen LogP contribution in [0.5, 0.6) is 0 Å². The van der Waals surface area contributed by atoms with Gasteiger partial charge >= 0.3 is 0 Å². The summed E-state index contributed by atoms with van der Waals surface area (Å²) in [7, 11) is 1.83. The standard InChI is InChI=1S/C16H17N3O3S/c1-19-7-9-23-16(19)18-14(20)11-4-2-5-12(10-11)17-15(21)13-6-3-8-22-13/h2,4-5,7,9-10,13H,3,6,8H2,1H3,(H,17,21). The Morgan fingerprint density at radius 3 is 3.00 bits per heavy atom. The summed E-state index contributed by atoms with van der Waals surface area (Å²) in [5.41, 5.74) is 1.01. The first-order valence-electron chi connectivity index (χ1n) is 7.35. The molecule has 0 bridgehead atoms. The highest BCUT2D eigenvalue weighted by Crippen LogP contribution is 2.16. The second kappa shape index (κ2) is 6.89. The predicted molar refractivity (Wildman–Crippen MR) is 87.2 cm³/mol. The molecule has 0 aliphatic carbocycles. The van der Waals surface area contributed by atoms with E-state index in [4.69, 9.17) is 4.74 Å². The van der Waals surface area contributed by atoms with Crippen molar-refractivity contribution in [3.05, 3.63) is 46.2 Å². The highest BCUT2D eigenvalue weighted by Gasteiger charge is 2.23. The van der Waals surface area contributed by atoms with Crippen LogP contribution in [0.3, 0.4) is 0 Å². The normalized spacial score (nSPS) is 18.1. The fraction of sp³-hybridized carbons (Fsp3) is 0.312. The highest BCUT2D eigenvalue weighted by molar-refractivity contribution is 7.07. The van der Waals surface area contributed by atoms with Crippen molar-refractivity contribution in [2.24, 2.45) is 12.0 Å². The lowest BCUT2D eigenvalue weighted by Gasteiger charge is -2.10. The highest BCUT2D eigenvalue weighted by atomic mass is 32.1. The zero-order valence-corrected chi connectivity index (χ0v) is 13.5. The minimum absolute atomic E-state index is 0.173. The van der Waals surface area contributed by atoms with E-state index >= 15 is 0 Å². The van der Waals surface area contributed by atoms with Gasteiger partial charge in [-0.15, -0.1) is 11.3 Å². The molecular weight excluding hydrogens is 314 g/mol. The summed E-state index contributed by atoms with van der Waals surface area (Å²) in [5, 5.41) is 4.65. The fourth-order valence-electron chi connectivity index (χ4n) is 2.32. The number of aryl methyl sites for hydroxylation is 1. The van der Waals surface area contributed by atoms with Gasteiger partial charge in [-0.05, 0) is 31.0 Å². The van der Waals surface area contributed by atoms with Crippen molar-refractivity contribution in [1.29, 1.82) is 0 Å². The zero-order chi connectivity index (χ0) is 16.2. The molecule has 0 saturated carbocycles. The monoisotopic (exact) mass is 331 g/mol. The van der Waals surface area contributed by atoms with Crippen LogP contribution < -0.4 is 10.1 Å². The van der Waals surface area contributed by atoms with Crippen LogP contribution in [-0.4, -0.2) is 29.1 Å². The minimum atomic E-state index is -0.399. The number of carbonyl (C=O) groups excluding carboxylic acids is 2. The van der Waals surface area contributed by atoms with Crippen molar-refractivity contribution in [2.45, 2.75) is 18.9 Å². The zero-order valence-electron chi connectivity index (χ0n) is 12.7. The maximum atomic E-state index is 12.2. The molecular formula is C16H17N3O3S. The van der Waals surface area contributed by atoms with Crippen molar-refractivity contribution >= 4 is 28.8 Å². The molecule has 1 aliphatic rings. The number of amides is 2. The molecule has 1 unspecified atom stereocenters. The molecule has 1 fully saturated rings. The molecule has 2 heterocycles. The van der Waals surface area contributed by atoms with Crippen LogP contribution in [0.25, 0.3) is 0 Å². The smallest absolute Gasteiger partial charge is 0.279 e. The van der Waals surface area contributed by atoms with Crippen molar-refractivity contribution in [3.8, 4) is 0 Å². The number of thiazole rings is 1. The Morgan fingerprint density at radius 1 is 1.43 bits per heavy atom. The average Bonchev–Trinajstić information content (AvgIpc) is 3.20. The molecule has 1 aromatic heterocycles. The predicted octanol–water partition coefficient (Wildman–Crippen LogP) is 1.95. The van der Waals surface area contributed by atoms with Crippen LogP contribution in [0, 0.1) is 0 Å². The first kappa shape index (κ1) is 15.6. The number of carbonyl (C=O) groups is 2. The van der Waals surface area contributed by atoms with E-state index in [-0.39, 0.29) is 11.8 Å². The number of anilines is 1.